The van der Waals surface area contributed by atoms with Crippen molar-refractivity contribution in [2.75, 3.05) is 32.7 Å². The molecule has 2 aliphatic heterocycles. The van der Waals surface area contributed by atoms with E-state index in [4.69, 9.17) is 0 Å². The van der Waals surface area contributed by atoms with Gasteiger partial charge in [0, 0.05) is 58.1 Å². The Bertz CT molecular complexity index is 648. The number of nitrogens with zero attached hydrogens (tertiary/aromatic N) is 4. The van der Waals surface area contributed by atoms with Crippen LogP contribution >= 0.6 is 0 Å². The molecule has 2 amide bonds. The van der Waals surface area contributed by atoms with Crippen molar-refractivity contribution in [3.8, 4) is 0 Å². The largest absolute Gasteiger partial charge is 0.388 e. The summed E-state index contributed by atoms with van der Waals surface area (Å²) in [6, 6.07) is 0.239. The highest BCUT2D eigenvalue weighted by atomic mass is 16.3. The van der Waals surface area contributed by atoms with E-state index in [0.29, 0.717) is 38.2 Å². The van der Waals surface area contributed by atoms with Gasteiger partial charge in [0.25, 0.3) is 5.91 Å². The highest BCUT2D eigenvalue weighted by Gasteiger charge is 2.34. The van der Waals surface area contributed by atoms with Gasteiger partial charge >= 0.3 is 0 Å². The van der Waals surface area contributed by atoms with Crippen LogP contribution in [0.25, 0.3) is 0 Å². The van der Waals surface area contributed by atoms with Gasteiger partial charge < -0.3 is 20.2 Å². The molecule has 27 heavy (non-hydrogen) atoms. The number of β-amino-alcohol motifs (C(OH)–C–C–N with tert-alkyl or cyclic N) is 1. The normalized spacial score (nSPS) is 25.0. The van der Waals surface area contributed by atoms with E-state index in [1.807, 2.05) is 0 Å². The van der Waals surface area contributed by atoms with E-state index in [1.165, 1.54) is 12.4 Å². The standard InChI is InChI=1S/C19H29N5O3/c1-15(25)22-16-3-10-23(11-4-16)14-19(27)5-2-9-24(12-6-19)18(26)17-13-20-7-8-21-17/h7-8,13,16,27H,2-6,9-12,14H2,1H3,(H,22,25)/t19-/m0/s1. The number of aromatic nitrogens is 2. The Labute approximate surface area is 160 Å². The molecule has 0 bridgehead atoms. The second kappa shape index (κ2) is 8.75. The average molecular weight is 375 g/mol. The zero-order valence-electron chi connectivity index (χ0n) is 15.9. The first kappa shape index (κ1) is 19.7. The van der Waals surface area contributed by atoms with Crippen molar-refractivity contribution in [3.05, 3.63) is 24.3 Å². The number of carbonyl (C=O) groups is 2. The Balaban J connectivity index is 1.51. The van der Waals surface area contributed by atoms with Crippen LogP contribution in [0, 0.1) is 0 Å². The minimum absolute atomic E-state index is 0.0173. The Kier molecular flexibility index (Phi) is 6.38. The molecule has 2 N–H and O–H groups in total. The lowest BCUT2D eigenvalue weighted by Gasteiger charge is -2.38. The summed E-state index contributed by atoms with van der Waals surface area (Å²) in [7, 11) is 0. The molecule has 3 heterocycles. The summed E-state index contributed by atoms with van der Waals surface area (Å²) in [5.41, 5.74) is -0.430. The molecule has 0 spiro atoms. The maximum atomic E-state index is 12.6. The quantitative estimate of drug-likeness (QED) is 0.792. The highest BCUT2D eigenvalue weighted by molar-refractivity contribution is 5.91. The van der Waals surface area contributed by atoms with Gasteiger partial charge in [-0.15, -0.1) is 0 Å². The predicted molar refractivity (Wildman–Crippen MR) is 100 cm³/mol. The first-order chi connectivity index (χ1) is 13.0. The minimum Gasteiger partial charge on any atom is -0.388 e. The number of likely N-dealkylation sites (tertiary alicyclic amines) is 2. The molecule has 0 aromatic carbocycles. The summed E-state index contributed by atoms with van der Waals surface area (Å²) >= 11 is 0. The second-order valence-corrected chi connectivity index (χ2v) is 7.71. The van der Waals surface area contributed by atoms with Crippen LogP contribution in [-0.4, -0.2) is 81.1 Å². The maximum Gasteiger partial charge on any atom is 0.274 e. The van der Waals surface area contributed by atoms with Crippen LogP contribution in [-0.2, 0) is 4.79 Å². The smallest absolute Gasteiger partial charge is 0.274 e. The first-order valence-electron chi connectivity index (χ1n) is 9.72. The van der Waals surface area contributed by atoms with E-state index in [2.05, 4.69) is 20.2 Å². The van der Waals surface area contributed by atoms with Crippen LogP contribution in [0.4, 0.5) is 0 Å². The van der Waals surface area contributed by atoms with Crippen LogP contribution in [0.15, 0.2) is 18.6 Å². The Hall–Kier alpha value is -2.06. The molecule has 0 unspecified atom stereocenters. The third-order valence-corrected chi connectivity index (χ3v) is 5.50. The molecule has 3 rings (SSSR count). The molecule has 2 saturated heterocycles. The first-order valence-corrected chi connectivity index (χ1v) is 9.72. The number of hydrogen-bond donors (Lipinski definition) is 2. The number of amides is 2. The van der Waals surface area contributed by atoms with Gasteiger partial charge in [-0.25, -0.2) is 4.98 Å². The lowest BCUT2D eigenvalue weighted by molar-refractivity contribution is -0.120. The molecule has 1 atom stereocenters. The zero-order valence-corrected chi connectivity index (χ0v) is 15.9. The molecule has 0 saturated carbocycles. The molecule has 148 valence electrons. The van der Waals surface area contributed by atoms with Gasteiger partial charge in [0.05, 0.1) is 11.8 Å². The molecule has 0 aliphatic carbocycles. The van der Waals surface area contributed by atoms with Gasteiger partial charge in [-0.1, -0.05) is 0 Å². The number of aliphatic hydroxyl groups is 1. The zero-order chi connectivity index (χ0) is 19.3. The van der Waals surface area contributed by atoms with Gasteiger partial charge in [0.2, 0.25) is 5.91 Å². The van der Waals surface area contributed by atoms with Crippen molar-refractivity contribution in [1.29, 1.82) is 0 Å². The molecule has 8 heteroatoms. The van der Waals surface area contributed by atoms with Crippen molar-refractivity contribution >= 4 is 11.8 Å². The maximum absolute atomic E-state index is 12.6. The molecule has 1 aromatic heterocycles. The topological polar surface area (TPSA) is 98.7 Å². The predicted octanol–water partition coefficient (Wildman–Crippen LogP) is 0.434. The fraction of sp³-hybridized carbons (Fsp3) is 0.684. The molecule has 1 aromatic rings. The number of nitrogens with one attached hydrogen (secondary N) is 1. The summed E-state index contributed by atoms with van der Waals surface area (Å²) in [5.74, 6) is -0.104. The minimum atomic E-state index is -0.780. The van der Waals surface area contributed by atoms with Crippen LogP contribution in [0.2, 0.25) is 0 Å². The van der Waals surface area contributed by atoms with Crippen molar-refractivity contribution < 1.29 is 14.7 Å². The van der Waals surface area contributed by atoms with E-state index in [1.54, 1.807) is 18.0 Å². The molecule has 8 nitrogen and oxygen atoms in total. The summed E-state index contributed by atoms with van der Waals surface area (Å²) in [5, 5.41) is 14.1. The van der Waals surface area contributed by atoms with E-state index in [9.17, 15) is 14.7 Å². The summed E-state index contributed by atoms with van der Waals surface area (Å²) in [6.07, 6.45) is 8.38. The highest BCUT2D eigenvalue weighted by Crippen LogP contribution is 2.25. The average Bonchev–Trinajstić information content (AvgIpc) is 2.85. The van der Waals surface area contributed by atoms with E-state index in [0.717, 1.165) is 32.4 Å². The number of carbonyl (C=O) groups excluding carboxylic acids is 2. The van der Waals surface area contributed by atoms with Crippen LogP contribution in [0.1, 0.15) is 49.5 Å². The number of rotatable bonds is 4. The van der Waals surface area contributed by atoms with Crippen molar-refractivity contribution in [1.82, 2.24) is 25.1 Å². The van der Waals surface area contributed by atoms with Crippen LogP contribution in [0.5, 0.6) is 0 Å². The van der Waals surface area contributed by atoms with Gasteiger partial charge in [0.1, 0.15) is 5.69 Å². The summed E-state index contributed by atoms with van der Waals surface area (Å²) in [4.78, 5) is 35.9. The molecule has 2 fully saturated rings. The fourth-order valence-corrected chi connectivity index (χ4v) is 4.05. The Morgan fingerprint density at radius 2 is 2.00 bits per heavy atom. The molecular formula is C19H29N5O3. The molecular weight excluding hydrogens is 346 g/mol. The van der Waals surface area contributed by atoms with Gasteiger partial charge in [-0.05, 0) is 32.1 Å². The third kappa shape index (κ3) is 5.46. The molecule has 2 aliphatic rings. The number of piperidine rings is 1. The van der Waals surface area contributed by atoms with Crippen LogP contribution in [0.3, 0.4) is 0 Å². The van der Waals surface area contributed by atoms with Crippen LogP contribution < -0.4 is 5.32 Å². The fourth-order valence-electron chi connectivity index (χ4n) is 4.05. The monoisotopic (exact) mass is 375 g/mol. The second-order valence-electron chi connectivity index (χ2n) is 7.71. The molecule has 0 radical (unpaired) electrons. The Morgan fingerprint density at radius 3 is 2.67 bits per heavy atom. The SMILES string of the molecule is CC(=O)NC1CCN(C[C@]2(O)CCCN(C(=O)c3cnccn3)CC2)CC1. The van der Waals surface area contributed by atoms with Gasteiger partial charge in [0.15, 0.2) is 0 Å². The van der Waals surface area contributed by atoms with E-state index < -0.39 is 5.60 Å². The van der Waals surface area contributed by atoms with Crippen molar-refractivity contribution in [2.45, 2.75) is 50.7 Å². The lowest BCUT2D eigenvalue weighted by atomic mass is 9.93. The third-order valence-electron chi connectivity index (χ3n) is 5.50. The van der Waals surface area contributed by atoms with Gasteiger partial charge in [-0.3, -0.25) is 14.6 Å². The van der Waals surface area contributed by atoms with Crippen molar-refractivity contribution in [2.24, 2.45) is 0 Å². The van der Waals surface area contributed by atoms with E-state index in [-0.39, 0.29) is 17.9 Å². The van der Waals surface area contributed by atoms with Gasteiger partial charge in [-0.2, -0.15) is 0 Å². The Morgan fingerprint density at radius 1 is 1.22 bits per heavy atom. The summed E-state index contributed by atoms with van der Waals surface area (Å²) < 4.78 is 0. The van der Waals surface area contributed by atoms with Crippen molar-refractivity contribution in [3.63, 3.8) is 0 Å². The summed E-state index contributed by atoms with van der Waals surface area (Å²) in [6.45, 7) is 5.06. The lowest BCUT2D eigenvalue weighted by Crippen LogP contribution is -2.50. The number of hydrogen-bond acceptors (Lipinski definition) is 6. The van der Waals surface area contributed by atoms with E-state index >= 15 is 0 Å².